The Hall–Kier alpha value is -4.15. The molecular formula is C25H34N5O12P. The molecule has 0 radical (unpaired) electrons. The molecule has 0 amide bonds. The third kappa shape index (κ3) is 10.9. The Morgan fingerprint density at radius 2 is 1.63 bits per heavy atom. The van der Waals surface area contributed by atoms with E-state index in [0.717, 1.165) is 0 Å². The van der Waals surface area contributed by atoms with Gasteiger partial charge in [-0.1, -0.05) is 18.2 Å². The zero-order valence-corrected chi connectivity index (χ0v) is 24.7. The van der Waals surface area contributed by atoms with Crippen molar-refractivity contribution in [3.63, 3.8) is 0 Å². The number of nitrogens with zero attached hydrogens (tertiary/aromatic N) is 4. The van der Waals surface area contributed by atoms with E-state index >= 15 is 0 Å². The first kappa shape index (κ1) is 35.0. The third-order valence-corrected chi connectivity index (χ3v) is 6.70. The summed E-state index contributed by atoms with van der Waals surface area (Å²) in [7, 11) is -3.82. The van der Waals surface area contributed by atoms with Crippen LogP contribution in [0.2, 0.25) is 0 Å². The Bertz CT molecular complexity index is 1410. The molecule has 3 aromatic rings. The highest BCUT2D eigenvalue weighted by Crippen LogP contribution is 2.48. The lowest BCUT2D eigenvalue weighted by Crippen LogP contribution is -2.39. The molecule has 0 aliphatic carbocycles. The van der Waals surface area contributed by atoms with Crippen LogP contribution in [0.1, 0.15) is 27.7 Å². The topological polar surface area (TPSA) is 256 Å². The van der Waals surface area contributed by atoms with E-state index in [2.05, 4.69) is 15.0 Å². The lowest BCUT2D eigenvalue weighted by Gasteiger charge is -2.22. The lowest BCUT2D eigenvalue weighted by atomic mass is 9.98. The lowest BCUT2D eigenvalue weighted by molar-refractivity contribution is -0.165. The number of aliphatic hydroxyl groups is 2. The highest BCUT2D eigenvalue weighted by atomic mass is 31.2. The average molecular weight is 628 g/mol. The Balaban J connectivity index is 0.000000553. The van der Waals surface area contributed by atoms with Crippen molar-refractivity contribution in [1.29, 1.82) is 0 Å². The summed E-state index contributed by atoms with van der Waals surface area (Å²) in [6.07, 6.45) is -2.37. The third-order valence-electron chi connectivity index (χ3n) is 5.25. The molecule has 2 aromatic heterocycles. The molecule has 0 fully saturated rings. The van der Waals surface area contributed by atoms with Gasteiger partial charge in [0.05, 0.1) is 24.4 Å². The number of aromatic nitrogens is 4. The summed E-state index contributed by atoms with van der Waals surface area (Å²) in [5.74, 6) is -3.40. The number of nitrogens with two attached hydrogens (primary N) is 1. The maximum Gasteiger partial charge on any atom is 0.407 e. The number of para-hydroxylation sites is 1. The molecule has 18 heteroatoms. The molecule has 6 N–H and O–H groups in total. The number of imidazole rings is 1. The summed E-state index contributed by atoms with van der Waals surface area (Å²) in [5.41, 5.74) is 6.15. The second-order valence-corrected chi connectivity index (χ2v) is 11.9. The van der Waals surface area contributed by atoms with Crippen LogP contribution in [-0.4, -0.2) is 89.3 Å². The smallest absolute Gasteiger partial charge is 0.407 e. The second kappa shape index (κ2) is 15.4. The van der Waals surface area contributed by atoms with Gasteiger partial charge in [0.1, 0.15) is 17.6 Å². The number of aliphatic carboxylic acids is 2. The standard InChI is InChI=1S/C21H28N5O6P.C4H6O6/c1-15(10-26-12-25-17-18(22)23-11-24-19(17)26)30-14-33(28,32-16-8-6-5-7-9-16)31-13-29-20(27)21(2,3)4;5-1(3(7)8)2(6)4(9)10/h5-9,11-12,15H,10,13-14H2,1-4H3,(H2,22,23,24);1-2,5-6H,(H,7,8)(H,9,10). The molecule has 43 heavy (non-hydrogen) atoms. The fourth-order valence-electron chi connectivity index (χ4n) is 2.96. The van der Waals surface area contributed by atoms with Gasteiger partial charge in [-0.15, -0.1) is 0 Å². The maximum atomic E-state index is 13.4. The van der Waals surface area contributed by atoms with Crippen molar-refractivity contribution in [2.75, 3.05) is 18.9 Å². The Morgan fingerprint density at radius 3 is 2.19 bits per heavy atom. The molecule has 0 saturated heterocycles. The van der Waals surface area contributed by atoms with Crippen LogP contribution in [0.3, 0.4) is 0 Å². The number of anilines is 1. The number of aliphatic hydroxyl groups excluding tert-OH is 2. The van der Waals surface area contributed by atoms with Gasteiger partial charge in [0.15, 0.2) is 30.0 Å². The minimum atomic E-state index is -3.82. The van der Waals surface area contributed by atoms with Crippen molar-refractivity contribution in [2.45, 2.75) is 52.6 Å². The van der Waals surface area contributed by atoms with Gasteiger partial charge in [-0.3, -0.25) is 9.32 Å². The van der Waals surface area contributed by atoms with E-state index in [0.29, 0.717) is 23.5 Å². The van der Waals surface area contributed by atoms with E-state index in [1.807, 2.05) is 0 Å². The number of benzene rings is 1. The number of hydrogen-bond acceptors (Lipinski definition) is 14. The van der Waals surface area contributed by atoms with Crippen molar-refractivity contribution in [3.8, 4) is 5.75 Å². The van der Waals surface area contributed by atoms with Gasteiger partial charge in [-0.05, 0) is 39.8 Å². The number of carbonyl (C=O) groups is 3. The molecule has 2 heterocycles. The van der Waals surface area contributed by atoms with Crippen molar-refractivity contribution in [1.82, 2.24) is 19.5 Å². The zero-order valence-electron chi connectivity index (χ0n) is 23.8. The van der Waals surface area contributed by atoms with Crippen molar-refractivity contribution in [3.05, 3.63) is 43.0 Å². The molecule has 236 valence electrons. The summed E-state index contributed by atoms with van der Waals surface area (Å²) < 4.78 is 37.0. The van der Waals surface area contributed by atoms with Gasteiger partial charge in [-0.2, -0.15) is 0 Å². The van der Waals surface area contributed by atoms with Gasteiger partial charge in [0, 0.05) is 0 Å². The molecule has 4 unspecified atom stereocenters. The van der Waals surface area contributed by atoms with E-state index in [4.69, 9.17) is 44.7 Å². The summed E-state index contributed by atoms with van der Waals surface area (Å²) in [5, 5.41) is 32.5. The van der Waals surface area contributed by atoms with Crippen LogP contribution in [0.25, 0.3) is 11.2 Å². The molecule has 0 spiro atoms. The average Bonchev–Trinajstić information content (AvgIpc) is 3.35. The molecule has 0 aliphatic heterocycles. The predicted molar refractivity (Wildman–Crippen MR) is 149 cm³/mol. The van der Waals surface area contributed by atoms with E-state index in [1.165, 1.54) is 6.33 Å². The van der Waals surface area contributed by atoms with E-state index in [1.54, 1.807) is 68.9 Å². The molecule has 0 aliphatic rings. The van der Waals surface area contributed by atoms with Gasteiger partial charge >= 0.3 is 25.5 Å². The van der Waals surface area contributed by atoms with Crippen LogP contribution in [0.5, 0.6) is 5.75 Å². The largest absolute Gasteiger partial charge is 0.479 e. The monoisotopic (exact) mass is 627 g/mol. The number of fused-ring (bicyclic) bond motifs is 1. The second-order valence-electron chi connectivity index (χ2n) is 9.94. The van der Waals surface area contributed by atoms with Gasteiger partial charge < -0.3 is 44.7 Å². The number of carboxylic acids is 2. The number of esters is 1. The van der Waals surface area contributed by atoms with Crippen LogP contribution >= 0.6 is 7.60 Å². The summed E-state index contributed by atoms with van der Waals surface area (Å²) in [6.45, 7) is 6.75. The van der Waals surface area contributed by atoms with Gasteiger partial charge in [-0.25, -0.2) is 29.1 Å². The SMILES string of the molecule is CC(Cn1cnc2c(N)ncnc21)OCP(=O)(OCOC(=O)C(C)(C)C)Oc1ccccc1.O=C(O)C(O)C(O)C(=O)O. The molecule has 3 rings (SSSR count). The highest BCUT2D eigenvalue weighted by Gasteiger charge is 2.31. The Kier molecular flexibility index (Phi) is 12.5. The van der Waals surface area contributed by atoms with Crippen LogP contribution in [0.4, 0.5) is 5.82 Å². The number of carbonyl (C=O) groups excluding carboxylic acids is 1. The fraction of sp³-hybridized carbons (Fsp3) is 0.440. The first-order valence-corrected chi connectivity index (χ1v) is 14.3. The summed E-state index contributed by atoms with van der Waals surface area (Å²) in [4.78, 5) is 43.9. The fourth-order valence-corrected chi connectivity index (χ4v) is 4.23. The first-order chi connectivity index (χ1) is 20.0. The number of nitrogen functional groups attached to an aromatic ring is 1. The first-order valence-electron chi connectivity index (χ1n) is 12.5. The predicted octanol–water partition coefficient (Wildman–Crippen LogP) is 1.48. The summed E-state index contributed by atoms with van der Waals surface area (Å²) in [6, 6.07) is 8.56. The molecular weight excluding hydrogens is 593 g/mol. The minimum Gasteiger partial charge on any atom is -0.479 e. The van der Waals surface area contributed by atoms with Gasteiger partial charge in [0.2, 0.25) is 6.79 Å². The molecule has 0 saturated carbocycles. The van der Waals surface area contributed by atoms with E-state index < -0.39 is 56.0 Å². The Morgan fingerprint density at radius 1 is 1.02 bits per heavy atom. The van der Waals surface area contributed by atoms with E-state index in [9.17, 15) is 18.9 Å². The molecule has 4 atom stereocenters. The van der Waals surface area contributed by atoms with Crippen molar-refractivity contribution >= 4 is 42.5 Å². The van der Waals surface area contributed by atoms with Crippen molar-refractivity contribution < 1.29 is 57.9 Å². The molecule has 17 nitrogen and oxygen atoms in total. The normalized spacial score (nSPS) is 14.8. The van der Waals surface area contributed by atoms with Crippen LogP contribution in [-0.2, 0) is 39.5 Å². The minimum absolute atomic E-state index is 0.284. The number of rotatable bonds is 13. The Labute approximate surface area is 245 Å². The van der Waals surface area contributed by atoms with Gasteiger partial charge in [0.25, 0.3) is 0 Å². The van der Waals surface area contributed by atoms with Crippen LogP contribution in [0.15, 0.2) is 43.0 Å². The maximum absolute atomic E-state index is 13.4. The molecule has 0 bridgehead atoms. The van der Waals surface area contributed by atoms with Crippen LogP contribution in [0, 0.1) is 5.41 Å². The van der Waals surface area contributed by atoms with E-state index in [-0.39, 0.29) is 12.2 Å². The quantitative estimate of drug-likeness (QED) is 0.102. The number of carboxylic acid groups (broad SMARTS) is 2. The van der Waals surface area contributed by atoms with Crippen molar-refractivity contribution in [2.24, 2.45) is 5.41 Å². The number of hydrogen-bond donors (Lipinski definition) is 5. The highest BCUT2D eigenvalue weighted by molar-refractivity contribution is 7.54. The zero-order chi connectivity index (χ0) is 32.4. The number of ether oxygens (including phenoxy) is 2. The summed E-state index contributed by atoms with van der Waals surface area (Å²) >= 11 is 0. The van der Waals surface area contributed by atoms with Crippen LogP contribution < -0.4 is 10.3 Å². The molecule has 1 aromatic carbocycles.